The summed E-state index contributed by atoms with van der Waals surface area (Å²) in [6.45, 7) is 0.362. The highest BCUT2D eigenvalue weighted by molar-refractivity contribution is 5.90. The number of hydrogen-bond donors (Lipinski definition) is 1. The molecular weight excluding hydrogens is 374 g/mol. The highest BCUT2D eigenvalue weighted by Crippen LogP contribution is 2.34. The van der Waals surface area contributed by atoms with Gasteiger partial charge in [-0.15, -0.1) is 0 Å². The van der Waals surface area contributed by atoms with Crippen LogP contribution in [0.3, 0.4) is 0 Å². The van der Waals surface area contributed by atoms with Gasteiger partial charge in [0.25, 0.3) is 11.6 Å². The van der Waals surface area contributed by atoms with Crippen LogP contribution in [-0.4, -0.2) is 17.6 Å². The number of rotatable bonds is 6. The van der Waals surface area contributed by atoms with E-state index >= 15 is 0 Å². The topological polar surface area (TPSA) is 94.6 Å². The van der Waals surface area contributed by atoms with Gasteiger partial charge in [0.05, 0.1) is 4.92 Å². The van der Waals surface area contributed by atoms with E-state index in [2.05, 4.69) is 5.32 Å². The highest BCUT2D eigenvalue weighted by atomic mass is 16.7. The Bertz CT molecular complexity index is 1050. The fraction of sp³-hybridized carbons (Fsp3) is 0.143. The molecule has 0 aliphatic carbocycles. The van der Waals surface area contributed by atoms with Crippen LogP contribution in [0.15, 0.2) is 67.0 Å². The number of anilines is 1. The summed E-state index contributed by atoms with van der Waals surface area (Å²) in [5.74, 6) is 1.13. The van der Waals surface area contributed by atoms with Crippen molar-refractivity contribution in [2.45, 2.75) is 13.0 Å². The summed E-state index contributed by atoms with van der Waals surface area (Å²) in [6, 6.07) is 15.6. The lowest BCUT2D eigenvalue weighted by Gasteiger charge is -2.05. The third-order valence-electron chi connectivity index (χ3n) is 4.50. The maximum atomic E-state index is 12.3. The van der Waals surface area contributed by atoms with E-state index in [4.69, 9.17) is 9.47 Å². The second-order valence-corrected chi connectivity index (χ2v) is 6.60. The number of ether oxygens (including phenoxy) is 2. The number of nitro benzene ring substituents is 1. The molecule has 0 spiro atoms. The summed E-state index contributed by atoms with van der Waals surface area (Å²) in [5.41, 5.74) is 2.75. The molecule has 8 nitrogen and oxygen atoms in total. The normalized spacial score (nSPS) is 11.9. The number of benzene rings is 2. The first-order valence-corrected chi connectivity index (χ1v) is 8.98. The number of carbonyl (C=O) groups excluding carboxylic acids is 1. The molecule has 2 aromatic carbocycles. The van der Waals surface area contributed by atoms with E-state index < -0.39 is 4.92 Å². The molecule has 0 radical (unpaired) electrons. The number of carbonyl (C=O) groups is 1. The fourth-order valence-corrected chi connectivity index (χ4v) is 3.02. The number of non-ortho nitro benzene ring substituents is 1. The maximum Gasteiger partial charge on any atom is 0.290 e. The number of pyridine rings is 1. The van der Waals surface area contributed by atoms with Crippen LogP contribution in [0.25, 0.3) is 0 Å². The van der Waals surface area contributed by atoms with Crippen molar-refractivity contribution in [2.24, 2.45) is 0 Å². The Morgan fingerprint density at radius 3 is 2.41 bits per heavy atom. The van der Waals surface area contributed by atoms with Gasteiger partial charge in [0, 0.05) is 36.0 Å². The summed E-state index contributed by atoms with van der Waals surface area (Å²) in [5, 5.41) is 13.6. The third-order valence-corrected chi connectivity index (χ3v) is 4.50. The van der Waals surface area contributed by atoms with E-state index in [-0.39, 0.29) is 24.9 Å². The molecule has 146 valence electrons. The van der Waals surface area contributed by atoms with E-state index in [1.54, 1.807) is 34.9 Å². The van der Waals surface area contributed by atoms with Gasteiger partial charge in [-0.05, 0) is 29.7 Å². The van der Waals surface area contributed by atoms with Crippen LogP contribution in [0.1, 0.15) is 11.1 Å². The average molecular weight is 392 g/mol. The Hall–Kier alpha value is -3.94. The van der Waals surface area contributed by atoms with Crippen molar-refractivity contribution in [3.05, 3.63) is 88.2 Å². The minimum absolute atomic E-state index is 0.0770. The van der Waals surface area contributed by atoms with Crippen LogP contribution >= 0.6 is 0 Å². The van der Waals surface area contributed by atoms with Gasteiger partial charge in [0.15, 0.2) is 23.9 Å². The standard InChI is InChI=1S/C21H17N3O5/c25-21(22-17-3-6-19-20(12-17)29-14-28-19)13-23-9-7-16(8-10-23)11-15-1-4-18(5-2-15)24(26)27/h1-10,12H,11,13-14H2/p+1. The lowest BCUT2D eigenvalue weighted by Crippen LogP contribution is -2.39. The van der Waals surface area contributed by atoms with Gasteiger partial charge in [0.2, 0.25) is 13.3 Å². The quantitative estimate of drug-likeness (QED) is 0.395. The molecule has 1 aliphatic rings. The molecule has 0 bridgehead atoms. The van der Waals surface area contributed by atoms with Crippen LogP contribution in [0.5, 0.6) is 11.5 Å². The summed E-state index contributed by atoms with van der Waals surface area (Å²) in [7, 11) is 0. The predicted molar refractivity (Wildman–Crippen MR) is 104 cm³/mol. The van der Waals surface area contributed by atoms with Crippen molar-refractivity contribution in [3.63, 3.8) is 0 Å². The molecule has 3 aromatic rings. The molecule has 1 amide bonds. The van der Waals surface area contributed by atoms with E-state index in [1.807, 2.05) is 24.5 Å². The van der Waals surface area contributed by atoms with E-state index in [1.165, 1.54) is 12.1 Å². The maximum absolute atomic E-state index is 12.3. The molecule has 4 rings (SSSR count). The Morgan fingerprint density at radius 1 is 1.00 bits per heavy atom. The van der Waals surface area contributed by atoms with Crippen LogP contribution < -0.4 is 19.4 Å². The first-order chi connectivity index (χ1) is 14.1. The molecule has 0 saturated heterocycles. The smallest absolute Gasteiger partial charge is 0.290 e. The van der Waals surface area contributed by atoms with Crippen molar-refractivity contribution < 1.29 is 23.8 Å². The summed E-state index contributed by atoms with van der Waals surface area (Å²) < 4.78 is 12.3. The Balaban J connectivity index is 1.34. The number of fused-ring (bicyclic) bond motifs is 1. The number of nitro groups is 1. The van der Waals surface area contributed by atoms with Crippen molar-refractivity contribution in [2.75, 3.05) is 12.1 Å². The highest BCUT2D eigenvalue weighted by Gasteiger charge is 2.15. The first kappa shape index (κ1) is 18.4. The second kappa shape index (κ2) is 7.97. The summed E-state index contributed by atoms with van der Waals surface area (Å²) in [4.78, 5) is 22.6. The Morgan fingerprint density at radius 2 is 1.69 bits per heavy atom. The molecule has 0 unspecified atom stereocenters. The van der Waals surface area contributed by atoms with Gasteiger partial charge >= 0.3 is 0 Å². The average Bonchev–Trinajstić information content (AvgIpc) is 3.18. The minimum Gasteiger partial charge on any atom is -0.454 e. The van der Waals surface area contributed by atoms with E-state index in [9.17, 15) is 14.9 Å². The van der Waals surface area contributed by atoms with E-state index in [0.29, 0.717) is 23.6 Å². The number of amides is 1. The first-order valence-electron chi connectivity index (χ1n) is 8.98. The number of nitrogens with zero attached hydrogens (tertiary/aromatic N) is 2. The van der Waals surface area contributed by atoms with Gasteiger partial charge in [0.1, 0.15) is 0 Å². The zero-order valence-corrected chi connectivity index (χ0v) is 15.4. The monoisotopic (exact) mass is 392 g/mol. The number of nitrogens with one attached hydrogen (secondary N) is 1. The molecule has 0 atom stereocenters. The zero-order chi connectivity index (χ0) is 20.2. The number of hydrogen-bond acceptors (Lipinski definition) is 5. The predicted octanol–water partition coefficient (Wildman–Crippen LogP) is 2.84. The van der Waals surface area contributed by atoms with Gasteiger partial charge in [-0.1, -0.05) is 12.1 Å². The van der Waals surface area contributed by atoms with Crippen LogP contribution in [0.4, 0.5) is 11.4 Å². The Kier molecular flexibility index (Phi) is 5.07. The zero-order valence-electron chi connectivity index (χ0n) is 15.4. The molecule has 0 saturated carbocycles. The molecule has 8 heteroatoms. The van der Waals surface area contributed by atoms with Crippen LogP contribution in [-0.2, 0) is 17.8 Å². The Labute approximate surface area is 166 Å². The molecular formula is C21H18N3O5+. The largest absolute Gasteiger partial charge is 0.454 e. The van der Waals surface area contributed by atoms with E-state index in [0.717, 1.165) is 11.1 Å². The molecule has 1 aromatic heterocycles. The van der Waals surface area contributed by atoms with Crippen molar-refractivity contribution in [1.29, 1.82) is 0 Å². The van der Waals surface area contributed by atoms with Crippen LogP contribution in [0, 0.1) is 10.1 Å². The van der Waals surface area contributed by atoms with Crippen molar-refractivity contribution >= 4 is 17.3 Å². The minimum atomic E-state index is -0.413. The summed E-state index contributed by atoms with van der Waals surface area (Å²) >= 11 is 0. The van der Waals surface area contributed by atoms with Gasteiger partial charge < -0.3 is 14.8 Å². The van der Waals surface area contributed by atoms with Crippen LogP contribution in [0.2, 0.25) is 0 Å². The van der Waals surface area contributed by atoms with Gasteiger partial charge in [-0.2, -0.15) is 4.57 Å². The molecule has 1 aliphatic heterocycles. The second-order valence-electron chi connectivity index (χ2n) is 6.60. The van der Waals surface area contributed by atoms with Crippen molar-refractivity contribution in [3.8, 4) is 11.5 Å². The summed E-state index contributed by atoms with van der Waals surface area (Å²) in [6.07, 6.45) is 4.32. The number of aromatic nitrogens is 1. The van der Waals surface area contributed by atoms with Crippen molar-refractivity contribution in [1.82, 2.24) is 0 Å². The van der Waals surface area contributed by atoms with Gasteiger partial charge in [-0.3, -0.25) is 14.9 Å². The molecule has 29 heavy (non-hydrogen) atoms. The fourth-order valence-electron chi connectivity index (χ4n) is 3.02. The molecule has 0 fully saturated rings. The molecule has 1 N–H and O–H groups in total. The van der Waals surface area contributed by atoms with Gasteiger partial charge in [-0.25, -0.2) is 0 Å². The molecule has 2 heterocycles. The SMILES string of the molecule is O=C(C[n+]1ccc(Cc2ccc([N+](=O)[O-])cc2)cc1)Nc1ccc2c(c1)OCO2. The lowest BCUT2D eigenvalue weighted by molar-refractivity contribution is -0.684. The lowest BCUT2D eigenvalue weighted by atomic mass is 10.1. The third kappa shape index (κ3) is 4.49.